The molecule has 148 valence electrons. The van der Waals surface area contributed by atoms with E-state index in [4.69, 9.17) is 5.73 Å². The van der Waals surface area contributed by atoms with Gasteiger partial charge in [-0.25, -0.2) is 0 Å². The van der Waals surface area contributed by atoms with Crippen LogP contribution in [0, 0.1) is 5.92 Å². The number of aryl methyl sites for hydroxylation is 1. The van der Waals surface area contributed by atoms with Crippen molar-refractivity contribution in [2.24, 2.45) is 5.92 Å². The van der Waals surface area contributed by atoms with Crippen LogP contribution in [0.2, 0.25) is 0 Å². The Morgan fingerprint density at radius 1 is 1.25 bits per heavy atom. The number of hydrogen-bond acceptors (Lipinski definition) is 3. The molecule has 4 rings (SSSR count). The van der Waals surface area contributed by atoms with Gasteiger partial charge in [0.25, 0.3) is 5.91 Å². The minimum absolute atomic E-state index is 0.119. The Balaban J connectivity index is 1.66. The highest BCUT2D eigenvalue weighted by molar-refractivity contribution is 6.05. The first-order chi connectivity index (χ1) is 13.5. The Morgan fingerprint density at radius 2 is 2.07 bits per heavy atom. The summed E-state index contributed by atoms with van der Waals surface area (Å²) in [5.74, 6) is 0.414. The van der Waals surface area contributed by atoms with Crippen LogP contribution in [0.15, 0.2) is 42.5 Å². The zero-order chi connectivity index (χ0) is 19.7. The summed E-state index contributed by atoms with van der Waals surface area (Å²) in [6.45, 7) is 2.28. The van der Waals surface area contributed by atoms with Gasteiger partial charge in [0.15, 0.2) is 0 Å². The molecule has 28 heavy (non-hydrogen) atoms. The summed E-state index contributed by atoms with van der Waals surface area (Å²) in [5, 5.41) is 13.2. The normalized spacial score (nSPS) is 26.6. The Labute approximate surface area is 167 Å². The highest BCUT2D eigenvalue weighted by Gasteiger charge is 2.45. The molecular formula is C24H30N2O2. The number of nitrogen functional groups attached to an aromatic ring is 1. The summed E-state index contributed by atoms with van der Waals surface area (Å²) in [5.41, 5.74) is 10.7. The molecule has 0 radical (unpaired) electrons. The second-order valence-electron chi connectivity index (χ2n) is 8.44. The molecule has 2 aromatic rings. The second-order valence-corrected chi connectivity index (χ2v) is 8.44. The molecule has 0 heterocycles. The van der Waals surface area contributed by atoms with Gasteiger partial charge in [-0.05, 0) is 91.7 Å². The number of aliphatic hydroxyl groups excluding tert-OH is 1. The topological polar surface area (TPSA) is 75.3 Å². The van der Waals surface area contributed by atoms with Crippen LogP contribution in [0.3, 0.4) is 0 Å². The lowest BCUT2D eigenvalue weighted by atomic mass is 9.59. The molecule has 0 aliphatic heterocycles. The van der Waals surface area contributed by atoms with E-state index < -0.39 is 0 Å². The first kappa shape index (κ1) is 19.0. The van der Waals surface area contributed by atoms with Gasteiger partial charge in [0.05, 0.1) is 17.5 Å². The number of nitrogens with one attached hydrogen (secondary N) is 1. The van der Waals surface area contributed by atoms with Crippen LogP contribution in [-0.4, -0.2) is 17.1 Å². The van der Waals surface area contributed by atoms with Gasteiger partial charge in [-0.15, -0.1) is 0 Å². The van der Waals surface area contributed by atoms with Gasteiger partial charge in [-0.2, -0.15) is 0 Å². The molecule has 3 unspecified atom stereocenters. The highest BCUT2D eigenvalue weighted by Crippen LogP contribution is 2.51. The standard InChI is InChI=1S/C24H30N2O2/c1-2-24-13-12-19(27)15-18(24)7-5-6-16-14-17(10-11-20(16)24)23(28)26-22-9-4-3-8-21(22)25/h3-4,8-11,14,18-19,27H,2,5-7,12-13,15,25H2,1H3,(H,26,28). The summed E-state index contributed by atoms with van der Waals surface area (Å²) in [6.07, 6.45) is 7.01. The highest BCUT2D eigenvalue weighted by atomic mass is 16.3. The van der Waals surface area contributed by atoms with Crippen molar-refractivity contribution in [1.29, 1.82) is 0 Å². The van der Waals surface area contributed by atoms with E-state index >= 15 is 0 Å². The number of anilines is 2. The Bertz CT molecular complexity index is 879. The Hall–Kier alpha value is -2.33. The van der Waals surface area contributed by atoms with Crippen molar-refractivity contribution in [3.05, 3.63) is 59.2 Å². The number of hydrogen-bond donors (Lipinski definition) is 3. The molecule has 4 heteroatoms. The van der Waals surface area contributed by atoms with Crippen LogP contribution in [0.1, 0.15) is 66.9 Å². The lowest BCUT2D eigenvalue weighted by Gasteiger charge is -2.46. The average Bonchev–Trinajstić information content (AvgIpc) is 2.86. The van der Waals surface area contributed by atoms with Gasteiger partial charge >= 0.3 is 0 Å². The van der Waals surface area contributed by atoms with Gasteiger partial charge in [0, 0.05) is 5.56 Å². The van der Waals surface area contributed by atoms with E-state index in [1.807, 2.05) is 24.3 Å². The molecule has 2 aliphatic rings. The Morgan fingerprint density at radius 3 is 2.86 bits per heavy atom. The minimum atomic E-state index is -0.160. The summed E-state index contributed by atoms with van der Waals surface area (Å²) >= 11 is 0. The number of rotatable bonds is 3. The van der Waals surface area contributed by atoms with Crippen LogP contribution < -0.4 is 11.1 Å². The fraction of sp³-hybridized carbons (Fsp3) is 0.458. The molecule has 0 bridgehead atoms. The second kappa shape index (κ2) is 7.59. The molecule has 1 amide bonds. The molecule has 0 saturated heterocycles. The van der Waals surface area contributed by atoms with E-state index in [0.29, 0.717) is 22.9 Å². The fourth-order valence-corrected chi connectivity index (χ4v) is 5.48. The minimum Gasteiger partial charge on any atom is -0.397 e. The number of carbonyl (C=O) groups excluding carboxylic acids is 1. The van der Waals surface area contributed by atoms with Crippen LogP contribution >= 0.6 is 0 Å². The van der Waals surface area contributed by atoms with Gasteiger partial charge in [0.1, 0.15) is 0 Å². The molecular weight excluding hydrogens is 348 g/mol. The molecule has 2 aromatic carbocycles. The predicted molar refractivity (Wildman–Crippen MR) is 114 cm³/mol. The maximum absolute atomic E-state index is 12.8. The SMILES string of the molecule is CCC12CCC(O)CC1CCCc1cc(C(=O)Nc3ccccc3N)ccc12. The van der Waals surface area contributed by atoms with Crippen LogP contribution in [0.25, 0.3) is 0 Å². The monoisotopic (exact) mass is 378 g/mol. The maximum atomic E-state index is 12.8. The van der Waals surface area contributed by atoms with Crippen molar-refractivity contribution in [3.63, 3.8) is 0 Å². The quantitative estimate of drug-likeness (QED) is 0.680. The van der Waals surface area contributed by atoms with Crippen molar-refractivity contribution in [1.82, 2.24) is 0 Å². The smallest absolute Gasteiger partial charge is 0.255 e. The summed E-state index contributed by atoms with van der Waals surface area (Å²) in [6, 6.07) is 13.5. The third-order valence-corrected chi connectivity index (χ3v) is 7.00. The number of amides is 1. The van der Waals surface area contributed by atoms with Gasteiger partial charge < -0.3 is 16.2 Å². The lowest BCUT2D eigenvalue weighted by Crippen LogP contribution is -2.41. The van der Waals surface area contributed by atoms with Crippen molar-refractivity contribution in [3.8, 4) is 0 Å². The number of para-hydroxylation sites is 2. The lowest BCUT2D eigenvalue weighted by molar-refractivity contribution is 0.0451. The van der Waals surface area contributed by atoms with E-state index in [-0.39, 0.29) is 17.4 Å². The zero-order valence-corrected chi connectivity index (χ0v) is 16.6. The van der Waals surface area contributed by atoms with E-state index in [9.17, 15) is 9.90 Å². The van der Waals surface area contributed by atoms with E-state index in [2.05, 4.69) is 24.4 Å². The average molecular weight is 379 g/mol. The first-order valence-electron chi connectivity index (χ1n) is 10.5. The summed E-state index contributed by atoms with van der Waals surface area (Å²) in [4.78, 5) is 12.8. The molecule has 0 aromatic heterocycles. The molecule has 0 spiro atoms. The molecule has 4 nitrogen and oxygen atoms in total. The van der Waals surface area contributed by atoms with Gasteiger partial charge in [0.2, 0.25) is 0 Å². The summed E-state index contributed by atoms with van der Waals surface area (Å²) < 4.78 is 0. The fourth-order valence-electron chi connectivity index (χ4n) is 5.48. The molecule has 3 atom stereocenters. The first-order valence-corrected chi connectivity index (χ1v) is 10.5. The van der Waals surface area contributed by atoms with Gasteiger partial charge in [-0.1, -0.05) is 25.1 Å². The van der Waals surface area contributed by atoms with Crippen molar-refractivity contribution in [2.75, 3.05) is 11.1 Å². The van der Waals surface area contributed by atoms with Crippen LogP contribution in [0.4, 0.5) is 11.4 Å². The number of benzene rings is 2. The van der Waals surface area contributed by atoms with E-state index in [1.54, 1.807) is 6.07 Å². The Kier molecular flexibility index (Phi) is 5.15. The molecule has 1 saturated carbocycles. The number of fused-ring (bicyclic) bond motifs is 3. The molecule has 2 aliphatic carbocycles. The van der Waals surface area contributed by atoms with E-state index in [0.717, 1.165) is 44.9 Å². The van der Waals surface area contributed by atoms with Crippen LogP contribution in [-0.2, 0) is 11.8 Å². The van der Waals surface area contributed by atoms with Gasteiger partial charge in [-0.3, -0.25) is 4.79 Å². The van der Waals surface area contributed by atoms with E-state index in [1.165, 1.54) is 11.1 Å². The van der Waals surface area contributed by atoms with Crippen LogP contribution in [0.5, 0.6) is 0 Å². The van der Waals surface area contributed by atoms with Crippen molar-refractivity contribution < 1.29 is 9.90 Å². The van der Waals surface area contributed by atoms with Crippen molar-refractivity contribution in [2.45, 2.75) is 63.4 Å². The molecule has 4 N–H and O–H groups in total. The predicted octanol–water partition coefficient (Wildman–Crippen LogP) is 4.67. The number of aliphatic hydroxyl groups is 1. The maximum Gasteiger partial charge on any atom is 0.255 e. The largest absolute Gasteiger partial charge is 0.397 e. The summed E-state index contributed by atoms with van der Waals surface area (Å²) in [7, 11) is 0. The molecule has 1 fully saturated rings. The third-order valence-electron chi connectivity index (χ3n) is 7.00. The number of nitrogens with two attached hydrogens (primary N) is 1. The zero-order valence-electron chi connectivity index (χ0n) is 16.6. The van der Waals surface area contributed by atoms with Crippen molar-refractivity contribution >= 4 is 17.3 Å². The number of carbonyl (C=O) groups is 1. The third kappa shape index (κ3) is 3.30.